The zero-order valence-electron chi connectivity index (χ0n) is 13.1. The van der Waals surface area contributed by atoms with Gasteiger partial charge >= 0.3 is 6.18 Å². The third-order valence-electron chi connectivity index (χ3n) is 4.22. The van der Waals surface area contributed by atoms with E-state index in [0.29, 0.717) is 16.9 Å². The second-order valence-corrected chi connectivity index (χ2v) is 5.85. The highest BCUT2D eigenvalue weighted by Crippen LogP contribution is 2.28. The molecule has 6 nitrogen and oxygen atoms in total. The summed E-state index contributed by atoms with van der Waals surface area (Å²) in [5, 5.41) is 17.2. The van der Waals surface area contributed by atoms with Gasteiger partial charge in [0.05, 0.1) is 0 Å². The summed E-state index contributed by atoms with van der Waals surface area (Å²) < 4.78 is 39.5. The van der Waals surface area contributed by atoms with Gasteiger partial charge in [-0.05, 0) is 36.2 Å². The number of halogens is 3. The van der Waals surface area contributed by atoms with E-state index in [9.17, 15) is 13.2 Å². The first kappa shape index (κ1) is 15.8. The summed E-state index contributed by atoms with van der Waals surface area (Å²) in [5.74, 6) is -0.796. The Balaban J connectivity index is 1.56. The lowest BCUT2D eigenvalue weighted by atomic mass is 9.94. The van der Waals surface area contributed by atoms with Crippen LogP contribution in [0.4, 0.5) is 19.0 Å². The van der Waals surface area contributed by atoms with E-state index in [2.05, 4.69) is 38.1 Å². The second-order valence-electron chi connectivity index (χ2n) is 5.85. The van der Waals surface area contributed by atoms with Gasteiger partial charge in [-0.3, -0.25) is 0 Å². The maximum atomic E-state index is 12.9. The summed E-state index contributed by atoms with van der Waals surface area (Å²) in [4.78, 5) is 0. The SMILES string of the molecule is FC(F)(F)c1nnc2ccc(NCC3NCCc4ccccc43)nn12. The molecule has 25 heavy (non-hydrogen) atoms. The van der Waals surface area contributed by atoms with Gasteiger partial charge in [-0.15, -0.1) is 15.3 Å². The van der Waals surface area contributed by atoms with Crippen molar-refractivity contribution in [2.45, 2.75) is 18.6 Å². The molecule has 130 valence electrons. The zero-order valence-corrected chi connectivity index (χ0v) is 13.1. The van der Waals surface area contributed by atoms with Crippen LogP contribution in [0, 0.1) is 0 Å². The molecule has 9 heteroatoms. The van der Waals surface area contributed by atoms with Crippen molar-refractivity contribution in [1.29, 1.82) is 0 Å². The van der Waals surface area contributed by atoms with Crippen LogP contribution in [0.1, 0.15) is 23.0 Å². The molecule has 0 fully saturated rings. The van der Waals surface area contributed by atoms with Crippen LogP contribution in [0.25, 0.3) is 5.65 Å². The quantitative estimate of drug-likeness (QED) is 0.761. The van der Waals surface area contributed by atoms with Gasteiger partial charge in [0.1, 0.15) is 5.82 Å². The fourth-order valence-electron chi connectivity index (χ4n) is 3.04. The van der Waals surface area contributed by atoms with Crippen LogP contribution in [0.15, 0.2) is 36.4 Å². The normalized spacial score (nSPS) is 17.5. The van der Waals surface area contributed by atoms with Crippen LogP contribution in [0.2, 0.25) is 0 Å². The molecular formula is C16H15F3N6. The van der Waals surface area contributed by atoms with Crippen LogP contribution in [0.5, 0.6) is 0 Å². The van der Waals surface area contributed by atoms with Crippen molar-refractivity contribution in [2.24, 2.45) is 0 Å². The Hall–Kier alpha value is -2.68. The number of nitrogens with zero attached hydrogens (tertiary/aromatic N) is 4. The first-order chi connectivity index (χ1) is 12.0. The predicted octanol–water partition coefficient (Wildman–Crippen LogP) is 2.44. The van der Waals surface area contributed by atoms with Crippen LogP contribution in [-0.4, -0.2) is 32.9 Å². The summed E-state index contributed by atoms with van der Waals surface area (Å²) in [5.41, 5.74) is 2.54. The number of fused-ring (bicyclic) bond motifs is 2. The molecule has 0 saturated carbocycles. The summed E-state index contributed by atoms with van der Waals surface area (Å²) >= 11 is 0. The smallest absolute Gasteiger partial charge is 0.367 e. The molecule has 4 rings (SSSR count). The molecule has 1 aliphatic heterocycles. The number of rotatable bonds is 3. The Kier molecular flexibility index (Phi) is 3.79. The predicted molar refractivity (Wildman–Crippen MR) is 85.2 cm³/mol. The Morgan fingerprint density at radius 3 is 2.84 bits per heavy atom. The lowest BCUT2D eigenvalue weighted by Gasteiger charge is -2.27. The van der Waals surface area contributed by atoms with Crippen molar-refractivity contribution in [3.05, 3.63) is 53.3 Å². The van der Waals surface area contributed by atoms with Crippen LogP contribution in [0.3, 0.4) is 0 Å². The maximum absolute atomic E-state index is 12.9. The van der Waals surface area contributed by atoms with Crippen molar-refractivity contribution in [1.82, 2.24) is 25.1 Å². The molecule has 0 saturated heterocycles. The number of benzene rings is 1. The molecule has 1 atom stereocenters. The van der Waals surface area contributed by atoms with Gasteiger partial charge in [-0.1, -0.05) is 24.3 Å². The first-order valence-electron chi connectivity index (χ1n) is 7.87. The Bertz CT molecular complexity index is 904. The van der Waals surface area contributed by atoms with Gasteiger partial charge in [-0.25, -0.2) is 0 Å². The minimum absolute atomic E-state index is 0.0546. The lowest BCUT2D eigenvalue weighted by Crippen LogP contribution is -2.34. The average Bonchev–Trinajstić information content (AvgIpc) is 3.03. The van der Waals surface area contributed by atoms with Crippen molar-refractivity contribution in [3.63, 3.8) is 0 Å². The molecule has 3 aromatic rings. The Labute approximate surface area is 141 Å². The fraction of sp³-hybridized carbons (Fsp3) is 0.312. The summed E-state index contributed by atoms with van der Waals surface area (Å²) in [6.45, 7) is 1.37. The summed E-state index contributed by atoms with van der Waals surface area (Å²) in [6.07, 6.45) is -3.64. The fourth-order valence-corrected chi connectivity index (χ4v) is 3.04. The summed E-state index contributed by atoms with van der Waals surface area (Å²) in [6, 6.07) is 11.3. The minimum atomic E-state index is -4.60. The topological polar surface area (TPSA) is 67.1 Å². The number of hydrogen-bond donors (Lipinski definition) is 2. The zero-order chi connectivity index (χ0) is 17.4. The molecule has 2 aromatic heterocycles. The van der Waals surface area contributed by atoms with Crippen LogP contribution in [-0.2, 0) is 12.6 Å². The highest BCUT2D eigenvalue weighted by molar-refractivity contribution is 5.45. The van der Waals surface area contributed by atoms with E-state index in [1.54, 1.807) is 6.07 Å². The number of alkyl halides is 3. The molecule has 0 bridgehead atoms. The monoisotopic (exact) mass is 348 g/mol. The molecule has 0 radical (unpaired) electrons. The van der Waals surface area contributed by atoms with E-state index >= 15 is 0 Å². The molecular weight excluding hydrogens is 333 g/mol. The molecule has 0 aliphatic carbocycles. The Morgan fingerprint density at radius 2 is 2.00 bits per heavy atom. The van der Waals surface area contributed by atoms with Crippen molar-refractivity contribution in [3.8, 4) is 0 Å². The van der Waals surface area contributed by atoms with Gasteiger partial charge in [-0.2, -0.15) is 17.7 Å². The van der Waals surface area contributed by atoms with Crippen LogP contribution < -0.4 is 10.6 Å². The molecule has 1 aliphatic rings. The Morgan fingerprint density at radius 1 is 1.16 bits per heavy atom. The van der Waals surface area contributed by atoms with Gasteiger partial charge in [0.25, 0.3) is 5.82 Å². The number of aromatic nitrogens is 4. The lowest BCUT2D eigenvalue weighted by molar-refractivity contribution is -0.146. The van der Waals surface area contributed by atoms with Gasteiger partial charge in [0, 0.05) is 12.6 Å². The summed E-state index contributed by atoms with van der Waals surface area (Å²) in [7, 11) is 0. The molecule has 2 N–H and O–H groups in total. The highest BCUT2D eigenvalue weighted by atomic mass is 19.4. The molecule has 1 aromatic carbocycles. The van der Waals surface area contributed by atoms with Gasteiger partial charge < -0.3 is 10.6 Å². The standard InChI is InChI=1S/C16H15F3N6/c17-16(18,19)15-23-22-14-6-5-13(24-25(14)15)21-9-12-11-4-2-1-3-10(11)7-8-20-12/h1-6,12,20H,7-9H2,(H,21,24). The third-order valence-corrected chi connectivity index (χ3v) is 4.22. The van der Waals surface area contributed by atoms with E-state index in [4.69, 9.17) is 0 Å². The first-order valence-corrected chi connectivity index (χ1v) is 7.87. The number of nitrogens with one attached hydrogen (secondary N) is 2. The third kappa shape index (κ3) is 3.02. The van der Waals surface area contributed by atoms with Gasteiger partial charge in [0.15, 0.2) is 5.65 Å². The molecule has 3 heterocycles. The van der Waals surface area contributed by atoms with E-state index in [1.165, 1.54) is 17.2 Å². The van der Waals surface area contributed by atoms with E-state index in [0.717, 1.165) is 13.0 Å². The van der Waals surface area contributed by atoms with Crippen molar-refractivity contribution in [2.75, 3.05) is 18.4 Å². The average molecular weight is 348 g/mol. The minimum Gasteiger partial charge on any atom is -0.367 e. The number of hydrogen-bond acceptors (Lipinski definition) is 5. The largest absolute Gasteiger partial charge is 0.453 e. The molecule has 0 spiro atoms. The second kappa shape index (κ2) is 5.99. The van der Waals surface area contributed by atoms with Crippen molar-refractivity contribution < 1.29 is 13.2 Å². The molecule has 0 amide bonds. The van der Waals surface area contributed by atoms with Crippen molar-refractivity contribution >= 4 is 11.5 Å². The highest BCUT2D eigenvalue weighted by Gasteiger charge is 2.37. The maximum Gasteiger partial charge on any atom is 0.453 e. The van der Waals surface area contributed by atoms with E-state index < -0.39 is 12.0 Å². The van der Waals surface area contributed by atoms with Gasteiger partial charge in [0.2, 0.25) is 0 Å². The van der Waals surface area contributed by atoms with E-state index in [1.807, 2.05) is 12.1 Å². The van der Waals surface area contributed by atoms with E-state index in [-0.39, 0.29) is 11.7 Å². The molecule has 1 unspecified atom stereocenters. The van der Waals surface area contributed by atoms with Crippen LogP contribution >= 0.6 is 0 Å². The number of anilines is 1.